The normalized spacial score (nSPS) is 33.1. The van der Waals surface area contributed by atoms with E-state index in [0.29, 0.717) is 19.0 Å². The summed E-state index contributed by atoms with van der Waals surface area (Å²) in [4.78, 5) is 4.56. The molecule has 2 fully saturated rings. The SMILES string of the molecule is CC(C)(C)C1C(F)CN(CC2CCN(C(C)(C)C)CC2)CC1F. The molecule has 0 aromatic rings. The largest absolute Gasteiger partial charge is 0.298 e. The fourth-order valence-electron chi connectivity index (χ4n) is 4.41. The van der Waals surface area contributed by atoms with Crippen LogP contribution in [0.1, 0.15) is 54.4 Å². The minimum absolute atomic E-state index is 0.226. The molecule has 0 N–H and O–H groups in total. The molecular formula is C19H36F2N2. The molecule has 23 heavy (non-hydrogen) atoms. The van der Waals surface area contributed by atoms with Crippen molar-refractivity contribution in [2.45, 2.75) is 72.3 Å². The molecular weight excluding hydrogens is 294 g/mol. The zero-order valence-electron chi connectivity index (χ0n) is 15.9. The number of hydrogen-bond donors (Lipinski definition) is 0. The van der Waals surface area contributed by atoms with E-state index in [-0.39, 0.29) is 11.0 Å². The molecule has 0 spiro atoms. The number of piperidine rings is 2. The average molecular weight is 331 g/mol. The van der Waals surface area contributed by atoms with Crippen molar-refractivity contribution in [2.24, 2.45) is 17.3 Å². The van der Waals surface area contributed by atoms with Gasteiger partial charge in [-0.15, -0.1) is 0 Å². The van der Waals surface area contributed by atoms with Gasteiger partial charge in [0, 0.05) is 31.1 Å². The van der Waals surface area contributed by atoms with Gasteiger partial charge in [-0.05, 0) is 58.0 Å². The van der Waals surface area contributed by atoms with Crippen molar-refractivity contribution in [1.82, 2.24) is 9.80 Å². The second-order valence-corrected chi connectivity index (χ2v) is 9.74. The van der Waals surface area contributed by atoms with Gasteiger partial charge in [-0.2, -0.15) is 0 Å². The highest BCUT2D eigenvalue weighted by Crippen LogP contribution is 2.38. The molecule has 2 aliphatic heterocycles. The highest BCUT2D eigenvalue weighted by molar-refractivity contribution is 4.94. The first-order chi connectivity index (χ1) is 10.5. The summed E-state index contributed by atoms with van der Waals surface area (Å²) < 4.78 is 29.1. The number of halogens is 2. The van der Waals surface area contributed by atoms with Crippen LogP contribution in [0.3, 0.4) is 0 Å². The van der Waals surface area contributed by atoms with Gasteiger partial charge < -0.3 is 0 Å². The highest BCUT2D eigenvalue weighted by Gasteiger charge is 2.44. The van der Waals surface area contributed by atoms with Gasteiger partial charge in [-0.1, -0.05) is 20.8 Å². The Hall–Kier alpha value is -0.220. The summed E-state index contributed by atoms with van der Waals surface area (Å²) >= 11 is 0. The molecule has 2 atom stereocenters. The van der Waals surface area contributed by atoms with Gasteiger partial charge in [0.05, 0.1) is 0 Å². The van der Waals surface area contributed by atoms with Crippen molar-refractivity contribution >= 4 is 0 Å². The number of hydrogen-bond acceptors (Lipinski definition) is 2. The molecule has 0 bridgehead atoms. The lowest BCUT2D eigenvalue weighted by molar-refractivity contribution is -0.0422. The predicted molar refractivity (Wildman–Crippen MR) is 93.2 cm³/mol. The molecule has 0 aromatic carbocycles. The smallest absolute Gasteiger partial charge is 0.119 e. The Morgan fingerprint density at radius 1 is 0.870 bits per heavy atom. The van der Waals surface area contributed by atoms with Gasteiger partial charge in [-0.3, -0.25) is 9.80 Å². The summed E-state index contributed by atoms with van der Waals surface area (Å²) in [5.74, 6) is 0.112. The first-order valence-corrected chi connectivity index (χ1v) is 9.24. The summed E-state index contributed by atoms with van der Waals surface area (Å²) in [5, 5.41) is 0. The lowest BCUT2D eigenvalue weighted by Gasteiger charge is -2.45. The first-order valence-electron chi connectivity index (χ1n) is 9.24. The van der Waals surface area contributed by atoms with Crippen molar-refractivity contribution in [3.63, 3.8) is 0 Å². The minimum Gasteiger partial charge on any atom is -0.298 e. The number of nitrogens with zero attached hydrogens (tertiary/aromatic N) is 2. The van der Waals surface area contributed by atoms with Crippen LogP contribution < -0.4 is 0 Å². The minimum atomic E-state index is -1.05. The zero-order valence-corrected chi connectivity index (χ0v) is 15.9. The molecule has 136 valence electrons. The van der Waals surface area contributed by atoms with Crippen LogP contribution in [0.4, 0.5) is 8.78 Å². The molecule has 2 aliphatic rings. The maximum absolute atomic E-state index is 14.5. The Morgan fingerprint density at radius 2 is 1.35 bits per heavy atom. The van der Waals surface area contributed by atoms with Crippen molar-refractivity contribution in [1.29, 1.82) is 0 Å². The maximum atomic E-state index is 14.5. The van der Waals surface area contributed by atoms with E-state index in [1.54, 1.807) is 0 Å². The number of alkyl halides is 2. The van der Waals surface area contributed by atoms with E-state index < -0.39 is 18.3 Å². The molecule has 2 saturated heterocycles. The Kier molecular flexibility index (Phi) is 5.78. The van der Waals surface area contributed by atoms with Crippen molar-refractivity contribution in [3.8, 4) is 0 Å². The maximum Gasteiger partial charge on any atom is 0.119 e. The second-order valence-electron chi connectivity index (χ2n) is 9.74. The zero-order chi connectivity index (χ0) is 17.4. The quantitative estimate of drug-likeness (QED) is 0.750. The third kappa shape index (κ3) is 4.88. The van der Waals surface area contributed by atoms with E-state index >= 15 is 0 Å². The van der Waals surface area contributed by atoms with E-state index in [1.807, 2.05) is 25.7 Å². The van der Waals surface area contributed by atoms with E-state index in [1.165, 1.54) is 0 Å². The molecule has 4 heteroatoms. The predicted octanol–water partition coefficient (Wildman–Crippen LogP) is 4.15. The van der Waals surface area contributed by atoms with E-state index in [0.717, 1.165) is 32.5 Å². The summed E-state index contributed by atoms with van der Waals surface area (Å²) in [6.45, 7) is 16.5. The van der Waals surface area contributed by atoms with Crippen LogP contribution in [0, 0.1) is 17.3 Å². The molecule has 2 rings (SSSR count). The Balaban J connectivity index is 1.84. The van der Waals surface area contributed by atoms with Crippen LogP contribution in [-0.4, -0.2) is 60.4 Å². The lowest BCUT2D eigenvalue weighted by Crippen LogP contribution is -2.54. The second kappa shape index (κ2) is 6.95. The van der Waals surface area contributed by atoms with Crippen molar-refractivity contribution < 1.29 is 8.78 Å². The Bertz CT molecular complexity index is 366. The van der Waals surface area contributed by atoms with Gasteiger partial charge in [0.25, 0.3) is 0 Å². The fourth-order valence-corrected chi connectivity index (χ4v) is 4.41. The average Bonchev–Trinajstić information content (AvgIpc) is 2.35. The summed E-state index contributed by atoms with van der Waals surface area (Å²) in [6.07, 6.45) is 0.191. The molecule has 2 nitrogen and oxygen atoms in total. The number of rotatable bonds is 2. The van der Waals surface area contributed by atoms with Crippen LogP contribution in [0.15, 0.2) is 0 Å². The van der Waals surface area contributed by atoms with Crippen molar-refractivity contribution in [3.05, 3.63) is 0 Å². The highest BCUT2D eigenvalue weighted by atomic mass is 19.1. The Labute approximate surface area is 141 Å². The van der Waals surface area contributed by atoms with Crippen LogP contribution in [0.25, 0.3) is 0 Å². The van der Waals surface area contributed by atoms with Crippen LogP contribution >= 0.6 is 0 Å². The molecule has 0 radical (unpaired) electrons. The molecule has 2 unspecified atom stereocenters. The van der Waals surface area contributed by atoms with E-state index in [4.69, 9.17) is 0 Å². The van der Waals surface area contributed by atoms with Gasteiger partial charge >= 0.3 is 0 Å². The van der Waals surface area contributed by atoms with Crippen LogP contribution in [0.2, 0.25) is 0 Å². The topological polar surface area (TPSA) is 6.48 Å². The third-order valence-electron chi connectivity index (χ3n) is 5.72. The van der Waals surface area contributed by atoms with Gasteiger partial charge in [-0.25, -0.2) is 8.78 Å². The summed E-state index contributed by atoms with van der Waals surface area (Å²) in [6, 6.07) is 0. The van der Waals surface area contributed by atoms with E-state index in [9.17, 15) is 8.78 Å². The fraction of sp³-hybridized carbons (Fsp3) is 1.00. The third-order valence-corrected chi connectivity index (χ3v) is 5.72. The molecule has 0 amide bonds. The first kappa shape index (κ1) is 19.1. The van der Waals surface area contributed by atoms with Gasteiger partial charge in [0.1, 0.15) is 12.3 Å². The van der Waals surface area contributed by atoms with Crippen molar-refractivity contribution in [2.75, 3.05) is 32.7 Å². The monoisotopic (exact) mass is 330 g/mol. The summed E-state index contributed by atoms with van der Waals surface area (Å²) in [5.41, 5.74) is -0.0763. The Morgan fingerprint density at radius 3 is 1.74 bits per heavy atom. The molecule has 2 heterocycles. The van der Waals surface area contributed by atoms with Gasteiger partial charge in [0.15, 0.2) is 0 Å². The standard InChI is InChI=1S/C19H36F2N2/c1-18(2,3)17-15(20)12-22(13-16(17)21)11-14-7-9-23(10-8-14)19(4,5)6/h14-17H,7-13H2,1-6H3. The lowest BCUT2D eigenvalue weighted by atomic mass is 9.73. The molecule has 0 aromatic heterocycles. The van der Waals surface area contributed by atoms with E-state index in [2.05, 4.69) is 25.7 Å². The van der Waals surface area contributed by atoms with Gasteiger partial charge in [0.2, 0.25) is 0 Å². The molecule has 0 aliphatic carbocycles. The van der Waals surface area contributed by atoms with Crippen LogP contribution in [0.5, 0.6) is 0 Å². The molecule has 0 saturated carbocycles. The summed E-state index contributed by atoms with van der Waals surface area (Å²) in [7, 11) is 0. The van der Waals surface area contributed by atoms with Crippen LogP contribution in [-0.2, 0) is 0 Å². The number of likely N-dealkylation sites (tertiary alicyclic amines) is 2.